The number of aryl methyl sites for hydroxylation is 1. The van der Waals surface area contributed by atoms with E-state index in [9.17, 15) is 5.11 Å². The van der Waals surface area contributed by atoms with Crippen LogP contribution >= 0.6 is 0 Å². The van der Waals surface area contributed by atoms with Crippen LogP contribution < -0.4 is 0 Å². The summed E-state index contributed by atoms with van der Waals surface area (Å²) in [5.41, 5.74) is 2.08. The number of aliphatic hydroxyl groups excluding tert-OH is 1. The highest BCUT2D eigenvalue weighted by Gasteiger charge is 2.37. The molecule has 3 saturated heterocycles. The Hall–Kier alpha value is -1.36. The maximum Gasteiger partial charge on any atom is 0.135 e. The minimum Gasteiger partial charge on any atom is -0.458 e. The number of aliphatic hydroxyl groups is 1. The number of hydrogen-bond acceptors (Lipinski definition) is 4. The topological polar surface area (TPSA) is 39.9 Å². The molecule has 2 unspecified atom stereocenters. The average Bonchev–Trinajstić information content (AvgIpc) is 2.90. The summed E-state index contributed by atoms with van der Waals surface area (Å²) in [5, 5.41) is 11.8. The second kappa shape index (κ2) is 4.58. The van der Waals surface area contributed by atoms with Crippen molar-refractivity contribution in [3.63, 3.8) is 0 Å². The quantitative estimate of drug-likeness (QED) is 0.904. The zero-order valence-corrected chi connectivity index (χ0v) is 11.7. The van der Waals surface area contributed by atoms with Crippen LogP contribution in [0.4, 0.5) is 0 Å². The fourth-order valence-electron chi connectivity index (χ4n) is 3.48. The smallest absolute Gasteiger partial charge is 0.135 e. The van der Waals surface area contributed by atoms with Crippen LogP contribution in [0.25, 0.3) is 11.0 Å². The van der Waals surface area contributed by atoms with Gasteiger partial charge in [-0.15, -0.1) is 0 Å². The van der Waals surface area contributed by atoms with Crippen molar-refractivity contribution in [2.75, 3.05) is 32.7 Å². The number of hydrogen-bond donors (Lipinski definition) is 1. The molecule has 2 bridgehead atoms. The first-order valence-electron chi connectivity index (χ1n) is 7.35. The first-order chi connectivity index (χ1) is 9.70. The molecular formula is C16H20N2O2. The summed E-state index contributed by atoms with van der Waals surface area (Å²) in [5.74, 6) is 0.698. The molecule has 106 valence electrons. The summed E-state index contributed by atoms with van der Waals surface area (Å²) in [6.45, 7) is 7.38. The molecule has 3 aliphatic rings. The number of nitrogens with zero attached hydrogens (tertiary/aromatic N) is 2. The van der Waals surface area contributed by atoms with Crippen LogP contribution in [0.1, 0.15) is 17.4 Å². The Morgan fingerprint density at radius 1 is 1.20 bits per heavy atom. The van der Waals surface area contributed by atoms with Gasteiger partial charge in [0.05, 0.1) is 6.04 Å². The zero-order valence-electron chi connectivity index (χ0n) is 11.7. The van der Waals surface area contributed by atoms with Gasteiger partial charge in [0.2, 0.25) is 0 Å². The lowest BCUT2D eigenvalue weighted by Gasteiger charge is -2.48. The predicted molar refractivity (Wildman–Crippen MR) is 77.7 cm³/mol. The van der Waals surface area contributed by atoms with Gasteiger partial charge in [-0.2, -0.15) is 0 Å². The van der Waals surface area contributed by atoms with Gasteiger partial charge in [0, 0.05) is 38.1 Å². The highest BCUT2D eigenvalue weighted by atomic mass is 16.4. The van der Waals surface area contributed by atoms with Gasteiger partial charge in [0.15, 0.2) is 0 Å². The monoisotopic (exact) mass is 272 g/mol. The molecule has 0 amide bonds. The SMILES string of the molecule is Cc1ccc2oc(C(O)C3CN4CCN3CC4)cc2c1. The molecule has 0 aliphatic carbocycles. The Morgan fingerprint density at radius 2 is 2.00 bits per heavy atom. The molecule has 4 heteroatoms. The van der Waals surface area contributed by atoms with Crippen LogP contribution in [0.2, 0.25) is 0 Å². The van der Waals surface area contributed by atoms with Gasteiger partial charge in [-0.1, -0.05) is 11.6 Å². The van der Waals surface area contributed by atoms with Crippen LogP contribution in [0.15, 0.2) is 28.7 Å². The molecule has 0 saturated carbocycles. The molecule has 3 fully saturated rings. The number of rotatable bonds is 2. The van der Waals surface area contributed by atoms with Gasteiger partial charge in [0.25, 0.3) is 0 Å². The van der Waals surface area contributed by atoms with Crippen LogP contribution in [-0.4, -0.2) is 53.7 Å². The highest BCUT2D eigenvalue weighted by Crippen LogP contribution is 2.31. The number of benzene rings is 1. The summed E-state index contributed by atoms with van der Waals surface area (Å²) >= 11 is 0. The maximum absolute atomic E-state index is 10.7. The molecule has 2 atom stereocenters. The molecule has 0 spiro atoms. The molecular weight excluding hydrogens is 252 g/mol. The molecule has 1 aromatic heterocycles. The molecule has 4 heterocycles. The lowest BCUT2D eigenvalue weighted by atomic mass is 10.0. The van der Waals surface area contributed by atoms with E-state index in [0.29, 0.717) is 5.76 Å². The molecule has 5 rings (SSSR count). The largest absolute Gasteiger partial charge is 0.458 e. The number of fused-ring (bicyclic) bond motifs is 4. The number of piperazine rings is 3. The van der Waals surface area contributed by atoms with E-state index in [1.807, 2.05) is 18.2 Å². The van der Waals surface area contributed by atoms with Crippen molar-refractivity contribution in [2.45, 2.75) is 19.1 Å². The van der Waals surface area contributed by atoms with E-state index in [0.717, 1.165) is 43.7 Å². The highest BCUT2D eigenvalue weighted by molar-refractivity contribution is 5.78. The van der Waals surface area contributed by atoms with Gasteiger partial charge < -0.3 is 9.52 Å². The fourth-order valence-corrected chi connectivity index (χ4v) is 3.48. The van der Waals surface area contributed by atoms with Gasteiger partial charge >= 0.3 is 0 Å². The summed E-state index contributed by atoms with van der Waals surface area (Å²) in [6, 6.07) is 8.29. The van der Waals surface area contributed by atoms with E-state index >= 15 is 0 Å². The summed E-state index contributed by atoms with van der Waals surface area (Å²) < 4.78 is 5.85. The first-order valence-corrected chi connectivity index (χ1v) is 7.35. The second-order valence-electron chi connectivity index (χ2n) is 6.04. The molecule has 4 nitrogen and oxygen atoms in total. The summed E-state index contributed by atoms with van der Waals surface area (Å²) in [4.78, 5) is 4.82. The van der Waals surface area contributed by atoms with Crippen molar-refractivity contribution in [2.24, 2.45) is 0 Å². The second-order valence-corrected chi connectivity index (χ2v) is 6.04. The Bertz CT molecular complexity index is 628. The zero-order chi connectivity index (χ0) is 13.7. The van der Waals surface area contributed by atoms with Crippen LogP contribution in [-0.2, 0) is 0 Å². The van der Waals surface area contributed by atoms with E-state index in [1.54, 1.807) is 0 Å². The normalized spacial score (nSPS) is 30.8. The van der Waals surface area contributed by atoms with Crippen molar-refractivity contribution >= 4 is 11.0 Å². The molecule has 0 radical (unpaired) electrons. The van der Waals surface area contributed by atoms with Crippen molar-refractivity contribution < 1.29 is 9.52 Å². The van der Waals surface area contributed by atoms with Crippen LogP contribution in [0.5, 0.6) is 0 Å². The third kappa shape index (κ3) is 1.95. The Balaban J connectivity index is 1.64. The predicted octanol–water partition coefficient (Wildman–Crippen LogP) is 1.77. The lowest BCUT2D eigenvalue weighted by Crippen LogP contribution is -2.62. The van der Waals surface area contributed by atoms with E-state index in [-0.39, 0.29) is 6.04 Å². The lowest BCUT2D eigenvalue weighted by molar-refractivity contribution is -0.0528. The Labute approximate surface area is 118 Å². The average molecular weight is 272 g/mol. The van der Waals surface area contributed by atoms with Crippen LogP contribution in [0, 0.1) is 6.92 Å². The van der Waals surface area contributed by atoms with E-state index < -0.39 is 6.10 Å². The molecule has 3 aliphatic heterocycles. The first kappa shape index (κ1) is 12.4. The third-order valence-corrected chi connectivity index (χ3v) is 4.67. The van der Waals surface area contributed by atoms with Crippen LogP contribution in [0.3, 0.4) is 0 Å². The standard InChI is InChI=1S/C16H20N2O2/c1-11-2-3-14-12(8-11)9-15(20-14)16(19)13-10-17-4-6-18(13)7-5-17/h2-3,8-9,13,16,19H,4-7,10H2,1H3. The molecule has 1 N–H and O–H groups in total. The van der Waals surface area contributed by atoms with E-state index in [1.165, 1.54) is 5.56 Å². The maximum atomic E-state index is 10.7. The van der Waals surface area contributed by atoms with E-state index in [2.05, 4.69) is 22.8 Å². The summed E-state index contributed by atoms with van der Waals surface area (Å²) in [7, 11) is 0. The summed E-state index contributed by atoms with van der Waals surface area (Å²) in [6.07, 6.45) is -0.536. The molecule has 20 heavy (non-hydrogen) atoms. The number of furan rings is 1. The van der Waals surface area contributed by atoms with Gasteiger partial charge in [-0.05, 0) is 25.1 Å². The van der Waals surface area contributed by atoms with Gasteiger partial charge in [-0.3, -0.25) is 9.80 Å². The minimum atomic E-state index is -0.536. The van der Waals surface area contributed by atoms with Gasteiger partial charge in [0.1, 0.15) is 17.4 Å². The van der Waals surface area contributed by atoms with E-state index in [4.69, 9.17) is 4.42 Å². The molecule has 1 aromatic carbocycles. The Kier molecular flexibility index (Phi) is 2.84. The third-order valence-electron chi connectivity index (χ3n) is 4.67. The fraction of sp³-hybridized carbons (Fsp3) is 0.500. The van der Waals surface area contributed by atoms with Crippen molar-refractivity contribution in [3.05, 3.63) is 35.6 Å². The van der Waals surface area contributed by atoms with Gasteiger partial charge in [-0.25, -0.2) is 0 Å². The minimum absolute atomic E-state index is 0.166. The van der Waals surface area contributed by atoms with Crippen molar-refractivity contribution in [1.29, 1.82) is 0 Å². The van der Waals surface area contributed by atoms with Crippen molar-refractivity contribution in [1.82, 2.24) is 9.80 Å². The molecule has 2 aromatic rings. The van der Waals surface area contributed by atoms with Crippen molar-refractivity contribution in [3.8, 4) is 0 Å². The Morgan fingerprint density at radius 3 is 2.70 bits per heavy atom.